The van der Waals surface area contributed by atoms with Crippen molar-refractivity contribution in [2.45, 2.75) is 24.4 Å². The number of carbonyl (C=O) groups excluding carboxylic acids is 1. The highest BCUT2D eigenvalue weighted by Gasteiger charge is 2.29. The Bertz CT molecular complexity index is 1100. The summed E-state index contributed by atoms with van der Waals surface area (Å²) in [5, 5.41) is 7.02. The first kappa shape index (κ1) is 24.3. The molecule has 1 amide bonds. The van der Waals surface area contributed by atoms with Gasteiger partial charge in [-0.2, -0.15) is 13.2 Å². The summed E-state index contributed by atoms with van der Waals surface area (Å²) in [6, 6.07) is 5.87. The fourth-order valence-corrected chi connectivity index (χ4v) is 3.68. The van der Waals surface area contributed by atoms with Gasteiger partial charge in [0.05, 0.1) is 0 Å². The molecule has 0 spiro atoms. The second kappa shape index (κ2) is 9.47. The van der Waals surface area contributed by atoms with E-state index >= 15 is 0 Å². The average molecular weight is 466 g/mol. The van der Waals surface area contributed by atoms with E-state index in [9.17, 15) is 35.6 Å². The average Bonchev–Trinajstić information content (AvgIpc) is 2.67. The van der Waals surface area contributed by atoms with E-state index in [2.05, 4.69) is 4.74 Å². The number of nitrogens with one attached hydrogen (secondary N) is 1. The number of alkyl halides is 3. The van der Waals surface area contributed by atoms with Crippen molar-refractivity contribution in [1.82, 2.24) is 10.0 Å². The maximum atomic E-state index is 14.5. The smallest absolute Gasteiger partial charge is 0.422 e. The van der Waals surface area contributed by atoms with E-state index in [1.165, 1.54) is 29.7 Å². The van der Waals surface area contributed by atoms with Gasteiger partial charge in [0.1, 0.15) is 16.8 Å². The van der Waals surface area contributed by atoms with Crippen molar-refractivity contribution < 1.29 is 40.7 Å². The van der Waals surface area contributed by atoms with E-state index in [1.54, 1.807) is 0 Å². The number of benzene rings is 1. The van der Waals surface area contributed by atoms with Crippen molar-refractivity contribution >= 4 is 15.7 Å². The van der Waals surface area contributed by atoms with E-state index < -0.39 is 51.6 Å². The SMILES string of the molecule is CS(=O)(=O)[C@H](CCn1cc(F)c(-c2ccc(OCC(F)(F)F)cc2)cc1=O)C(=O)NO. The Morgan fingerprint density at radius 1 is 1.26 bits per heavy atom. The van der Waals surface area contributed by atoms with Gasteiger partial charge >= 0.3 is 6.18 Å². The van der Waals surface area contributed by atoms with Crippen molar-refractivity contribution in [3.05, 3.63) is 52.7 Å². The van der Waals surface area contributed by atoms with Crippen molar-refractivity contribution in [2.75, 3.05) is 12.9 Å². The molecule has 2 aromatic rings. The minimum Gasteiger partial charge on any atom is -0.484 e. The molecule has 2 N–H and O–H groups in total. The number of amides is 1. The van der Waals surface area contributed by atoms with Gasteiger partial charge in [0.25, 0.3) is 11.5 Å². The number of nitrogens with zero attached hydrogens (tertiary/aromatic N) is 1. The van der Waals surface area contributed by atoms with E-state index in [4.69, 9.17) is 5.21 Å². The third-order valence-electron chi connectivity index (χ3n) is 4.20. The van der Waals surface area contributed by atoms with Crippen LogP contribution in [0.1, 0.15) is 6.42 Å². The van der Waals surface area contributed by atoms with Crippen LogP contribution >= 0.6 is 0 Å². The molecule has 0 unspecified atom stereocenters. The molecule has 0 bridgehead atoms. The highest BCUT2D eigenvalue weighted by Crippen LogP contribution is 2.25. The molecule has 0 aliphatic carbocycles. The van der Waals surface area contributed by atoms with Gasteiger partial charge in [-0.3, -0.25) is 14.8 Å². The maximum Gasteiger partial charge on any atom is 0.422 e. The summed E-state index contributed by atoms with van der Waals surface area (Å²) in [7, 11) is -3.90. The van der Waals surface area contributed by atoms with Crippen LogP contribution in [0.3, 0.4) is 0 Å². The summed E-state index contributed by atoms with van der Waals surface area (Å²) in [4.78, 5) is 23.8. The van der Waals surface area contributed by atoms with Gasteiger partial charge in [-0.15, -0.1) is 0 Å². The highest BCUT2D eigenvalue weighted by atomic mass is 32.2. The lowest BCUT2D eigenvalue weighted by molar-refractivity contribution is -0.153. The summed E-state index contributed by atoms with van der Waals surface area (Å²) >= 11 is 0. The maximum absolute atomic E-state index is 14.5. The number of ether oxygens (including phenoxy) is 1. The molecule has 31 heavy (non-hydrogen) atoms. The van der Waals surface area contributed by atoms with Crippen LogP contribution < -0.4 is 15.8 Å². The summed E-state index contributed by atoms with van der Waals surface area (Å²) in [6.07, 6.45) is -3.30. The zero-order valence-electron chi connectivity index (χ0n) is 16.0. The molecule has 1 aromatic heterocycles. The second-order valence-corrected chi connectivity index (χ2v) is 8.81. The predicted molar refractivity (Wildman–Crippen MR) is 101 cm³/mol. The molecule has 0 saturated heterocycles. The summed E-state index contributed by atoms with van der Waals surface area (Å²) in [5.41, 5.74) is 0.606. The topological polar surface area (TPSA) is 115 Å². The van der Waals surface area contributed by atoms with Crippen LogP contribution in [-0.2, 0) is 21.2 Å². The number of aryl methyl sites for hydroxylation is 1. The fourth-order valence-electron chi connectivity index (χ4n) is 2.71. The highest BCUT2D eigenvalue weighted by molar-refractivity contribution is 7.92. The number of hydrogen-bond acceptors (Lipinski definition) is 6. The molecule has 170 valence electrons. The standard InChI is InChI=1S/C18H18F4N2O6S/c1-31(28,29)15(17(26)23-27)6-7-24-9-14(19)13(8-16(24)25)11-2-4-12(5-3-11)30-10-18(20,21)22/h2-5,8-9,15,27H,6-7,10H2,1H3,(H,23,26)/t15-/m1/s1. The monoisotopic (exact) mass is 466 g/mol. The minimum atomic E-state index is -4.51. The van der Waals surface area contributed by atoms with Crippen LogP contribution in [0.15, 0.2) is 41.3 Å². The Hall–Kier alpha value is -2.93. The number of carbonyl (C=O) groups is 1. The first-order valence-corrected chi connectivity index (χ1v) is 10.6. The number of hydroxylamine groups is 1. The molecule has 0 aliphatic heterocycles. The lowest BCUT2D eigenvalue weighted by atomic mass is 10.1. The summed E-state index contributed by atoms with van der Waals surface area (Å²) < 4.78 is 79.8. The van der Waals surface area contributed by atoms with Gasteiger partial charge in [-0.05, 0) is 24.1 Å². The van der Waals surface area contributed by atoms with Gasteiger partial charge in [-0.1, -0.05) is 12.1 Å². The lowest BCUT2D eigenvalue weighted by Crippen LogP contribution is -2.39. The Balaban J connectivity index is 2.20. The molecule has 0 saturated carbocycles. The molecular weight excluding hydrogens is 448 g/mol. The first-order valence-electron chi connectivity index (χ1n) is 8.64. The van der Waals surface area contributed by atoms with Crippen molar-refractivity contribution in [2.24, 2.45) is 0 Å². The predicted octanol–water partition coefficient (Wildman–Crippen LogP) is 1.90. The molecule has 1 heterocycles. The van der Waals surface area contributed by atoms with Crippen LogP contribution in [0.4, 0.5) is 17.6 Å². The van der Waals surface area contributed by atoms with Crippen LogP contribution in [-0.4, -0.2) is 48.4 Å². The third kappa shape index (κ3) is 6.79. The number of hydrogen-bond donors (Lipinski definition) is 2. The molecule has 1 atom stereocenters. The van der Waals surface area contributed by atoms with Crippen LogP contribution in [0.2, 0.25) is 0 Å². The van der Waals surface area contributed by atoms with E-state index in [0.717, 1.165) is 23.1 Å². The van der Waals surface area contributed by atoms with Crippen molar-refractivity contribution in [3.8, 4) is 16.9 Å². The Labute approximate surface area is 173 Å². The number of rotatable bonds is 8. The second-order valence-electron chi connectivity index (χ2n) is 6.58. The van der Waals surface area contributed by atoms with Crippen LogP contribution in [0.25, 0.3) is 11.1 Å². The Morgan fingerprint density at radius 2 is 1.87 bits per heavy atom. The van der Waals surface area contributed by atoms with Gasteiger partial charge in [0.15, 0.2) is 16.4 Å². The van der Waals surface area contributed by atoms with Crippen molar-refractivity contribution in [3.63, 3.8) is 0 Å². The molecule has 0 aliphatic rings. The molecular formula is C18H18F4N2O6S. The largest absolute Gasteiger partial charge is 0.484 e. The molecule has 1 aromatic carbocycles. The Kier molecular flexibility index (Phi) is 7.44. The summed E-state index contributed by atoms with van der Waals surface area (Å²) in [5.74, 6) is -2.13. The lowest BCUT2D eigenvalue weighted by Gasteiger charge is -2.14. The quantitative estimate of drug-likeness (QED) is 0.349. The molecule has 2 rings (SSSR count). The summed E-state index contributed by atoms with van der Waals surface area (Å²) in [6.45, 7) is -1.81. The van der Waals surface area contributed by atoms with Crippen LogP contribution in [0, 0.1) is 5.82 Å². The van der Waals surface area contributed by atoms with Crippen LogP contribution in [0.5, 0.6) is 5.75 Å². The minimum absolute atomic E-state index is 0.0937. The number of pyridine rings is 1. The van der Waals surface area contributed by atoms with E-state index in [-0.39, 0.29) is 23.4 Å². The van der Waals surface area contributed by atoms with E-state index in [1.807, 2.05) is 0 Å². The molecule has 13 heteroatoms. The molecule has 0 radical (unpaired) electrons. The molecule has 8 nitrogen and oxygen atoms in total. The van der Waals surface area contributed by atoms with Gasteiger partial charge in [-0.25, -0.2) is 18.3 Å². The zero-order chi connectivity index (χ0) is 23.4. The van der Waals surface area contributed by atoms with Gasteiger partial charge in [0, 0.05) is 30.6 Å². The number of halogens is 4. The number of sulfone groups is 1. The first-order chi connectivity index (χ1) is 14.3. The van der Waals surface area contributed by atoms with Gasteiger partial charge < -0.3 is 9.30 Å². The third-order valence-corrected chi connectivity index (χ3v) is 5.68. The zero-order valence-corrected chi connectivity index (χ0v) is 16.8. The van der Waals surface area contributed by atoms with Gasteiger partial charge in [0.2, 0.25) is 0 Å². The Morgan fingerprint density at radius 3 is 2.39 bits per heavy atom. The van der Waals surface area contributed by atoms with E-state index in [0.29, 0.717) is 0 Å². The number of aromatic nitrogens is 1. The fraction of sp³-hybridized carbons (Fsp3) is 0.333. The van der Waals surface area contributed by atoms with Crippen molar-refractivity contribution in [1.29, 1.82) is 0 Å². The normalized spacial score (nSPS) is 13.0. The molecule has 0 fully saturated rings.